The van der Waals surface area contributed by atoms with E-state index in [1.54, 1.807) is 0 Å². The number of benzene rings is 2. The number of hydrogen-bond donors (Lipinski definition) is 1. The van der Waals surface area contributed by atoms with Gasteiger partial charge in [0.2, 0.25) is 0 Å². The van der Waals surface area contributed by atoms with Gasteiger partial charge in [-0.05, 0) is 61.3 Å². The first-order chi connectivity index (χ1) is 9.04. The van der Waals surface area contributed by atoms with Crippen LogP contribution in [0.25, 0.3) is 0 Å². The quantitative estimate of drug-likeness (QED) is 0.828. The van der Waals surface area contributed by atoms with Gasteiger partial charge in [-0.2, -0.15) is 0 Å². The summed E-state index contributed by atoms with van der Waals surface area (Å²) in [4.78, 5) is 0. The Bertz CT molecular complexity index is 593. The van der Waals surface area contributed by atoms with E-state index in [0.717, 1.165) is 15.1 Å². The predicted octanol–water partition coefficient (Wildman–Crippen LogP) is 5.03. The number of nitrogens with one attached hydrogen (secondary N) is 1. The van der Waals surface area contributed by atoms with Gasteiger partial charge < -0.3 is 5.32 Å². The molecule has 1 atom stereocenters. The summed E-state index contributed by atoms with van der Waals surface area (Å²) in [6.07, 6.45) is 0. The van der Waals surface area contributed by atoms with Gasteiger partial charge in [0, 0.05) is 9.50 Å². The predicted molar refractivity (Wildman–Crippen MR) is 86.0 cm³/mol. The Morgan fingerprint density at radius 2 is 1.84 bits per heavy atom. The first-order valence-electron chi connectivity index (χ1n) is 6.23. The molecule has 0 aliphatic heterocycles. The molecule has 0 aliphatic rings. The fraction of sp³-hybridized carbons (Fsp3) is 0.250. The van der Waals surface area contributed by atoms with Crippen LogP contribution in [-0.4, -0.2) is 7.05 Å². The lowest BCUT2D eigenvalue weighted by atomic mass is 9.93. The Hall–Kier alpha value is -0.830. The second-order valence-electron chi connectivity index (χ2n) is 4.68. The lowest BCUT2D eigenvalue weighted by molar-refractivity contribution is 0.684. The average molecular weight is 339 g/mol. The van der Waals surface area contributed by atoms with Crippen molar-refractivity contribution in [1.82, 2.24) is 5.32 Å². The van der Waals surface area contributed by atoms with E-state index in [1.807, 2.05) is 25.2 Å². The molecule has 3 heteroatoms. The van der Waals surface area contributed by atoms with Crippen LogP contribution >= 0.6 is 27.5 Å². The molecule has 0 amide bonds. The van der Waals surface area contributed by atoms with E-state index in [2.05, 4.69) is 53.3 Å². The Kier molecular flexibility index (Phi) is 4.67. The van der Waals surface area contributed by atoms with Gasteiger partial charge in [0.25, 0.3) is 0 Å². The Morgan fingerprint density at radius 3 is 2.53 bits per heavy atom. The van der Waals surface area contributed by atoms with Crippen molar-refractivity contribution in [3.05, 3.63) is 68.1 Å². The summed E-state index contributed by atoms with van der Waals surface area (Å²) in [6, 6.07) is 12.4. The summed E-state index contributed by atoms with van der Waals surface area (Å²) in [5, 5.41) is 4.14. The molecule has 0 aromatic heterocycles. The first-order valence-corrected chi connectivity index (χ1v) is 7.40. The van der Waals surface area contributed by atoms with Crippen molar-refractivity contribution in [1.29, 1.82) is 0 Å². The first kappa shape index (κ1) is 14.6. The highest BCUT2D eigenvalue weighted by Gasteiger charge is 2.17. The van der Waals surface area contributed by atoms with Crippen molar-refractivity contribution in [3.8, 4) is 0 Å². The highest BCUT2D eigenvalue weighted by atomic mass is 79.9. The molecule has 2 aromatic carbocycles. The van der Waals surface area contributed by atoms with Crippen LogP contribution in [0.3, 0.4) is 0 Å². The lowest BCUT2D eigenvalue weighted by Crippen LogP contribution is -2.19. The Morgan fingerprint density at radius 1 is 1.11 bits per heavy atom. The summed E-state index contributed by atoms with van der Waals surface area (Å²) in [6.45, 7) is 4.30. The normalized spacial score (nSPS) is 12.5. The maximum Gasteiger partial charge on any atom is 0.0588 e. The lowest BCUT2D eigenvalue weighted by Gasteiger charge is -2.22. The molecule has 0 heterocycles. The molecule has 0 saturated carbocycles. The highest BCUT2D eigenvalue weighted by Crippen LogP contribution is 2.32. The second kappa shape index (κ2) is 6.08. The van der Waals surface area contributed by atoms with Gasteiger partial charge in [0.15, 0.2) is 0 Å². The fourth-order valence-electron chi connectivity index (χ4n) is 2.30. The Labute approximate surface area is 128 Å². The number of aryl methyl sites for hydroxylation is 1. The van der Waals surface area contributed by atoms with Gasteiger partial charge in [0.1, 0.15) is 0 Å². The zero-order valence-corrected chi connectivity index (χ0v) is 13.6. The largest absolute Gasteiger partial charge is 0.309 e. The summed E-state index contributed by atoms with van der Waals surface area (Å²) >= 11 is 9.74. The van der Waals surface area contributed by atoms with Gasteiger partial charge >= 0.3 is 0 Å². The minimum absolute atomic E-state index is 0.132. The molecular weight excluding hydrogens is 322 g/mol. The monoisotopic (exact) mass is 337 g/mol. The van der Waals surface area contributed by atoms with E-state index in [4.69, 9.17) is 11.6 Å². The van der Waals surface area contributed by atoms with E-state index in [-0.39, 0.29) is 6.04 Å². The van der Waals surface area contributed by atoms with Crippen molar-refractivity contribution in [2.24, 2.45) is 0 Å². The summed E-state index contributed by atoms with van der Waals surface area (Å²) in [5.74, 6) is 0. The summed E-state index contributed by atoms with van der Waals surface area (Å²) in [7, 11) is 1.97. The minimum atomic E-state index is 0.132. The zero-order chi connectivity index (χ0) is 14.0. The van der Waals surface area contributed by atoms with Crippen LogP contribution in [0, 0.1) is 13.8 Å². The van der Waals surface area contributed by atoms with Crippen LogP contribution in [-0.2, 0) is 0 Å². The smallest absolute Gasteiger partial charge is 0.0588 e. The molecule has 0 fully saturated rings. The van der Waals surface area contributed by atoms with Crippen molar-refractivity contribution in [3.63, 3.8) is 0 Å². The van der Waals surface area contributed by atoms with Gasteiger partial charge in [-0.3, -0.25) is 0 Å². The third-order valence-electron chi connectivity index (χ3n) is 3.52. The average Bonchev–Trinajstić information content (AvgIpc) is 2.39. The maximum atomic E-state index is 6.13. The molecule has 1 N–H and O–H groups in total. The van der Waals surface area contributed by atoms with Gasteiger partial charge in [-0.25, -0.2) is 0 Å². The van der Waals surface area contributed by atoms with E-state index in [9.17, 15) is 0 Å². The molecule has 0 aliphatic carbocycles. The summed E-state index contributed by atoms with van der Waals surface area (Å²) < 4.78 is 1.07. The Balaban J connectivity index is 2.56. The van der Waals surface area contributed by atoms with Crippen molar-refractivity contribution in [2.75, 3.05) is 7.05 Å². The van der Waals surface area contributed by atoms with E-state index >= 15 is 0 Å². The molecular formula is C16H17BrClN. The highest BCUT2D eigenvalue weighted by molar-refractivity contribution is 9.10. The molecule has 0 bridgehead atoms. The molecule has 0 radical (unpaired) electrons. The number of hydrogen-bond acceptors (Lipinski definition) is 1. The second-order valence-corrected chi connectivity index (χ2v) is 5.97. The van der Waals surface area contributed by atoms with Crippen LogP contribution in [0.5, 0.6) is 0 Å². The van der Waals surface area contributed by atoms with Crippen molar-refractivity contribution in [2.45, 2.75) is 19.9 Å². The van der Waals surface area contributed by atoms with Crippen LogP contribution in [0.4, 0.5) is 0 Å². The van der Waals surface area contributed by atoms with Crippen LogP contribution in [0.15, 0.2) is 40.9 Å². The molecule has 19 heavy (non-hydrogen) atoms. The van der Waals surface area contributed by atoms with E-state index in [0.29, 0.717) is 0 Å². The van der Waals surface area contributed by atoms with Gasteiger partial charge in [-0.1, -0.05) is 45.7 Å². The molecule has 1 nitrogen and oxygen atoms in total. The van der Waals surface area contributed by atoms with Crippen LogP contribution in [0.2, 0.25) is 5.02 Å². The van der Waals surface area contributed by atoms with Crippen molar-refractivity contribution < 1.29 is 0 Å². The third-order valence-corrected chi connectivity index (χ3v) is 4.47. The third kappa shape index (κ3) is 3.02. The molecule has 2 rings (SSSR count). The van der Waals surface area contributed by atoms with E-state index < -0.39 is 0 Å². The molecule has 2 aromatic rings. The van der Waals surface area contributed by atoms with Gasteiger partial charge in [0.05, 0.1) is 6.04 Å². The van der Waals surface area contributed by atoms with Crippen LogP contribution < -0.4 is 5.32 Å². The van der Waals surface area contributed by atoms with Gasteiger partial charge in [-0.15, -0.1) is 0 Å². The molecule has 100 valence electrons. The molecule has 0 spiro atoms. The van der Waals surface area contributed by atoms with Crippen molar-refractivity contribution >= 4 is 27.5 Å². The topological polar surface area (TPSA) is 12.0 Å². The summed E-state index contributed by atoms with van der Waals surface area (Å²) in [5.41, 5.74) is 5.05. The minimum Gasteiger partial charge on any atom is -0.309 e. The molecule has 0 saturated heterocycles. The fourth-order valence-corrected chi connectivity index (χ4v) is 2.96. The standard InChI is InChI=1S/C16H17BrClN/c1-10-5-4-6-13(11(10)2)16(19-3)14-9-12(18)7-8-15(14)17/h4-9,16,19H,1-3H3. The zero-order valence-electron chi connectivity index (χ0n) is 11.3. The van der Waals surface area contributed by atoms with Crippen LogP contribution in [0.1, 0.15) is 28.3 Å². The maximum absolute atomic E-state index is 6.13. The molecule has 1 unspecified atom stereocenters. The SMILES string of the molecule is CNC(c1cc(Cl)ccc1Br)c1cccc(C)c1C. The number of halogens is 2. The van der Waals surface area contributed by atoms with E-state index in [1.165, 1.54) is 16.7 Å². The number of rotatable bonds is 3.